The summed E-state index contributed by atoms with van der Waals surface area (Å²) in [5.74, 6) is -0.613. The maximum absolute atomic E-state index is 12.5. The van der Waals surface area contributed by atoms with Gasteiger partial charge in [0.2, 0.25) is 0 Å². The molecule has 0 fully saturated rings. The van der Waals surface area contributed by atoms with E-state index in [0.29, 0.717) is 26.9 Å². The van der Waals surface area contributed by atoms with Gasteiger partial charge in [0.05, 0.1) is 16.8 Å². The van der Waals surface area contributed by atoms with Crippen LogP contribution in [0.3, 0.4) is 0 Å². The molecular formula is C20H11Cl2NO2. The van der Waals surface area contributed by atoms with Gasteiger partial charge >= 0.3 is 0 Å². The first-order chi connectivity index (χ1) is 12.0. The average Bonchev–Trinajstić information content (AvgIpc) is 2.86. The summed E-state index contributed by atoms with van der Waals surface area (Å²) in [6, 6.07) is 19.3. The molecule has 0 aromatic heterocycles. The Morgan fingerprint density at radius 3 is 1.68 bits per heavy atom. The Morgan fingerprint density at radius 1 is 0.640 bits per heavy atom. The Balaban J connectivity index is 1.70. The number of imide groups is 1. The summed E-state index contributed by atoms with van der Waals surface area (Å²) in [6.07, 6.45) is 0. The molecule has 0 radical (unpaired) electrons. The van der Waals surface area contributed by atoms with E-state index in [1.54, 1.807) is 42.5 Å². The van der Waals surface area contributed by atoms with E-state index in [1.165, 1.54) is 4.90 Å². The first-order valence-electron chi connectivity index (χ1n) is 7.59. The molecule has 0 unspecified atom stereocenters. The lowest BCUT2D eigenvalue weighted by atomic mass is 10.1. The fourth-order valence-electron chi connectivity index (χ4n) is 2.95. The van der Waals surface area contributed by atoms with Crippen molar-refractivity contribution in [2.75, 3.05) is 4.90 Å². The second kappa shape index (κ2) is 6.03. The molecule has 3 nitrogen and oxygen atoms in total. The fraction of sp³-hybridized carbons (Fsp3) is 0. The molecule has 0 spiro atoms. The van der Waals surface area contributed by atoms with E-state index in [0.717, 1.165) is 11.1 Å². The SMILES string of the molecule is O=C1c2ccccc2C(=O)N1c1ccc(-c2cc(Cl)cc(Cl)c2)cc1. The molecule has 122 valence electrons. The third-order valence-corrected chi connectivity index (χ3v) is 4.55. The third-order valence-electron chi connectivity index (χ3n) is 4.12. The lowest BCUT2D eigenvalue weighted by Crippen LogP contribution is -2.29. The van der Waals surface area contributed by atoms with E-state index in [-0.39, 0.29) is 11.8 Å². The molecule has 0 saturated carbocycles. The Morgan fingerprint density at radius 2 is 1.16 bits per heavy atom. The zero-order valence-electron chi connectivity index (χ0n) is 12.9. The maximum Gasteiger partial charge on any atom is 0.266 e. The summed E-state index contributed by atoms with van der Waals surface area (Å²) >= 11 is 12.1. The topological polar surface area (TPSA) is 37.4 Å². The molecule has 0 atom stereocenters. The third kappa shape index (κ3) is 2.72. The quantitative estimate of drug-likeness (QED) is 0.563. The summed E-state index contributed by atoms with van der Waals surface area (Å²) in [6.45, 7) is 0. The van der Waals surface area contributed by atoms with Gasteiger partial charge in [0.15, 0.2) is 0 Å². The van der Waals surface area contributed by atoms with Gasteiger partial charge in [-0.2, -0.15) is 0 Å². The molecule has 5 heteroatoms. The lowest BCUT2D eigenvalue weighted by molar-refractivity contribution is 0.0926. The van der Waals surface area contributed by atoms with Gasteiger partial charge < -0.3 is 0 Å². The molecular weight excluding hydrogens is 357 g/mol. The normalized spacial score (nSPS) is 13.3. The molecule has 1 aliphatic heterocycles. The van der Waals surface area contributed by atoms with Crippen LogP contribution >= 0.6 is 23.2 Å². The second-order valence-electron chi connectivity index (χ2n) is 5.70. The number of halogens is 2. The fourth-order valence-corrected chi connectivity index (χ4v) is 3.47. The Labute approximate surface area is 154 Å². The van der Waals surface area contributed by atoms with Crippen LogP contribution in [0.5, 0.6) is 0 Å². The van der Waals surface area contributed by atoms with E-state index in [1.807, 2.05) is 24.3 Å². The summed E-state index contributed by atoms with van der Waals surface area (Å²) in [4.78, 5) is 26.2. The van der Waals surface area contributed by atoms with Crippen LogP contribution in [0.4, 0.5) is 5.69 Å². The molecule has 1 aliphatic rings. The van der Waals surface area contributed by atoms with E-state index >= 15 is 0 Å². The molecule has 2 amide bonds. The van der Waals surface area contributed by atoms with Gasteiger partial charge in [-0.3, -0.25) is 9.59 Å². The Hall–Kier alpha value is -2.62. The Bertz CT molecular complexity index is 957. The number of nitrogens with zero attached hydrogens (tertiary/aromatic N) is 1. The zero-order chi connectivity index (χ0) is 17.6. The van der Waals surface area contributed by atoms with Crippen molar-refractivity contribution in [2.24, 2.45) is 0 Å². The highest BCUT2D eigenvalue weighted by molar-refractivity contribution is 6.35. The number of amides is 2. The van der Waals surface area contributed by atoms with Gasteiger partial charge in [-0.25, -0.2) is 4.90 Å². The minimum absolute atomic E-state index is 0.306. The highest BCUT2D eigenvalue weighted by Crippen LogP contribution is 2.31. The lowest BCUT2D eigenvalue weighted by Gasteiger charge is -2.14. The molecule has 4 rings (SSSR count). The van der Waals surface area contributed by atoms with Crippen molar-refractivity contribution >= 4 is 40.7 Å². The van der Waals surface area contributed by atoms with Crippen LogP contribution in [-0.2, 0) is 0 Å². The number of benzene rings is 3. The standard InChI is InChI=1S/C20H11Cl2NO2/c21-14-9-13(10-15(22)11-14)12-5-7-16(8-6-12)23-19(24)17-3-1-2-4-18(17)20(23)25/h1-11H. The van der Waals surface area contributed by atoms with E-state index < -0.39 is 0 Å². The van der Waals surface area contributed by atoms with Crippen molar-refractivity contribution in [1.29, 1.82) is 0 Å². The first-order valence-corrected chi connectivity index (χ1v) is 8.34. The Kier molecular flexibility index (Phi) is 3.83. The van der Waals surface area contributed by atoms with Crippen LogP contribution in [0.25, 0.3) is 11.1 Å². The predicted octanol–water partition coefficient (Wildman–Crippen LogP) is 5.46. The largest absolute Gasteiger partial charge is 0.268 e. The van der Waals surface area contributed by atoms with Crippen molar-refractivity contribution in [3.63, 3.8) is 0 Å². The molecule has 0 N–H and O–H groups in total. The number of hydrogen-bond donors (Lipinski definition) is 0. The molecule has 0 saturated heterocycles. The van der Waals surface area contributed by atoms with Crippen LogP contribution < -0.4 is 4.90 Å². The van der Waals surface area contributed by atoms with Gasteiger partial charge in [-0.15, -0.1) is 0 Å². The maximum atomic E-state index is 12.5. The number of fused-ring (bicyclic) bond motifs is 1. The second-order valence-corrected chi connectivity index (χ2v) is 6.57. The molecule has 3 aromatic rings. The van der Waals surface area contributed by atoms with Crippen molar-refractivity contribution in [3.05, 3.63) is 87.9 Å². The highest BCUT2D eigenvalue weighted by Gasteiger charge is 2.36. The van der Waals surface area contributed by atoms with Gasteiger partial charge in [0, 0.05) is 10.0 Å². The van der Waals surface area contributed by atoms with Crippen molar-refractivity contribution in [1.82, 2.24) is 0 Å². The first kappa shape index (κ1) is 15.9. The molecule has 0 bridgehead atoms. The highest BCUT2D eigenvalue weighted by atomic mass is 35.5. The van der Waals surface area contributed by atoms with Crippen LogP contribution in [0.1, 0.15) is 20.7 Å². The molecule has 0 aliphatic carbocycles. The summed E-state index contributed by atoms with van der Waals surface area (Å²) in [5, 5.41) is 1.10. The van der Waals surface area contributed by atoms with Gasteiger partial charge in [0.25, 0.3) is 11.8 Å². The smallest absolute Gasteiger partial charge is 0.266 e. The summed E-state index contributed by atoms with van der Waals surface area (Å²) in [7, 11) is 0. The molecule has 3 aromatic carbocycles. The van der Waals surface area contributed by atoms with Crippen LogP contribution in [0.2, 0.25) is 10.0 Å². The zero-order valence-corrected chi connectivity index (χ0v) is 14.4. The van der Waals surface area contributed by atoms with Gasteiger partial charge in [-0.05, 0) is 53.6 Å². The van der Waals surface area contributed by atoms with Gasteiger partial charge in [-0.1, -0.05) is 47.5 Å². The van der Waals surface area contributed by atoms with Crippen molar-refractivity contribution < 1.29 is 9.59 Å². The van der Waals surface area contributed by atoms with Crippen molar-refractivity contribution in [2.45, 2.75) is 0 Å². The van der Waals surface area contributed by atoms with Gasteiger partial charge in [0.1, 0.15) is 0 Å². The summed E-state index contributed by atoms with van der Waals surface area (Å²) in [5.41, 5.74) is 3.15. The van der Waals surface area contributed by atoms with Crippen LogP contribution in [-0.4, -0.2) is 11.8 Å². The number of hydrogen-bond acceptors (Lipinski definition) is 2. The number of carbonyl (C=O) groups excluding carboxylic acids is 2. The molecule has 1 heterocycles. The number of anilines is 1. The average molecular weight is 368 g/mol. The number of rotatable bonds is 2. The minimum Gasteiger partial charge on any atom is -0.268 e. The molecule has 25 heavy (non-hydrogen) atoms. The van der Waals surface area contributed by atoms with E-state index in [2.05, 4.69) is 0 Å². The monoisotopic (exact) mass is 367 g/mol. The minimum atomic E-state index is -0.306. The number of carbonyl (C=O) groups is 2. The summed E-state index contributed by atoms with van der Waals surface area (Å²) < 4.78 is 0. The van der Waals surface area contributed by atoms with Crippen molar-refractivity contribution in [3.8, 4) is 11.1 Å². The van der Waals surface area contributed by atoms with Crippen LogP contribution in [0.15, 0.2) is 66.7 Å². The van der Waals surface area contributed by atoms with E-state index in [4.69, 9.17) is 23.2 Å². The van der Waals surface area contributed by atoms with Crippen LogP contribution in [0, 0.1) is 0 Å². The van der Waals surface area contributed by atoms with E-state index in [9.17, 15) is 9.59 Å². The predicted molar refractivity (Wildman–Crippen MR) is 99.5 cm³/mol.